The number of likely N-dealkylation sites (tertiary alicyclic amines) is 1. The Balaban J connectivity index is 1.26. The zero-order chi connectivity index (χ0) is 21.8. The lowest BCUT2D eigenvalue weighted by Crippen LogP contribution is -2.53. The van der Waals surface area contributed by atoms with Crippen molar-refractivity contribution in [3.8, 4) is 0 Å². The van der Waals surface area contributed by atoms with Gasteiger partial charge in [-0.25, -0.2) is 4.39 Å². The van der Waals surface area contributed by atoms with Crippen molar-refractivity contribution < 1.29 is 18.8 Å². The molecule has 0 atom stereocenters. The summed E-state index contributed by atoms with van der Waals surface area (Å²) in [5.74, 6) is -0.486. The fourth-order valence-corrected chi connectivity index (χ4v) is 4.26. The highest BCUT2D eigenvalue weighted by Gasteiger charge is 2.32. The number of piperazine rings is 1. The van der Waals surface area contributed by atoms with Crippen LogP contribution in [0.15, 0.2) is 54.6 Å². The van der Waals surface area contributed by atoms with E-state index in [4.69, 9.17) is 0 Å². The topological polar surface area (TPSA) is 60.9 Å². The molecule has 4 rings (SSSR count). The van der Waals surface area contributed by atoms with Gasteiger partial charge in [-0.3, -0.25) is 14.4 Å². The number of hydrogen-bond acceptors (Lipinski definition) is 3. The van der Waals surface area contributed by atoms with Crippen molar-refractivity contribution in [2.45, 2.75) is 12.8 Å². The number of hydrogen-bond donors (Lipinski definition) is 0. The summed E-state index contributed by atoms with van der Waals surface area (Å²) < 4.78 is 13.1. The number of amides is 3. The van der Waals surface area contributed by atoms with Crippen LogP contribution in [0.2, 0.25) is 0 Å². The van der Waals surface area contributed by atoms with Crippen LogP contribution < -0.4 is 0 Å². The van der Waals surface area contributed by atoms with Crippen LogP contribution in [0.3, 0.4) is 0 Å². The van der Waals surface area contributed by atoms with Crippen LogP contribution in [0.4, 0.5) is 4.39 Å². The molecule has 2 aliphatic rings. The van der Waals surface area contributed by atoms with E-state index in [0.717, 1.165) is 0 Å². The molecule has 0 bridgehead atoms. The van der Waals surface area contributed by atoms with Crippen LogP contribution >= 0.6 is 0 Å². The summed E-state index contributed by atoms with van der Waals surface area (Å²) in [6.07, 6.45) is 1.24. The summed E-state index contributed by atoms with van der Waals surface area (Å²) in [6, 6.07) is 14.7. The van der Waals surface area contributed by atoms with E-state index in [2.05, 4.69) is 0 Å². The highest BCUT2D eigenvalue weighted by atomic mass is 19.1. The summed E-state index contributed by atoms with van der Waals surface area (Å²) in [5.41, 5.74) is 1.13. The van der Waals surface area contributed by atoms with Crippen LogP contribution in [0.5, 0.6) is 0 Å². The predicted molar refractivity (Wildman–Crippen MR) is 114 cm³/mol. The van der Waals surface area contributed by atoms with Crippen molar-refractivity contribution >= 4 is 17.7 Å². The van der Waals surface area contributed by atoms with Gasteiger partial charge in [-0.2, -0.15) is 0 Å². The lowest BCUT2D eigenvalue weighted by molar-refractivity contribution is -0.138. The average molecular weight is 423 g/mol. The van der Waals surface area contributed by atoms with E-state index in [-0.39, 0.29) is 29.5 Å². The minimum atomic E-state index is -0.369. The second-order valence-corrected chi connectivity index (χ2v) is 8.06. The zero-order valence-electron chi connectivity index (χ0n) is 17.4. The normalized spacial score (nSPS) is 17.5. The minimum absolute atomic E-state index is 0.000290. The molecule has 0 unspecified atom stereocenters. The SMILES string of the molecule is O=C(c1ccc(F)cc1)N1CCC(C(=O)N2CCN(C(=O)c3ccccc3)CC2)CC1. The first-order valence-corrected chi connectivity index (χ1v) is 10.7. The number of carbonyl (C=O) groups excluding carboxylic acids is 3. The molecule has 3 amide bonds. The molecule has 2 fully saturated rings. The molecule has 2 aliphatic heterocycles. The van der Waals surface area contributed by atoms with Crippen LogP contribution in [0.1, 0.15) is 33.6 Å². The molecule has 7 heteroatoms. The average Bonchev–Trinajstić information content (AvgIpc) is 2.84. The second kappa shape index (κ2) is 9.29. The largest absolute Gasteiger partial charge is 0.339 e. The molecule has 0 aromatic heterocycles. The molecule has 2 aromatic carbocycles. The quantitative estimate of drug-likeness (QED) is 0.763. The first-order valence-electron chi connectivity index (χ1n) is 10.7. The summed E-state index contributed by atoms with van der Waals surface area (Å²) in [7, 11) is 0. The Morgan fingerprint density at radius 2 is 1.13 bits per heavy atom. The van der Waals surface area contributed by atoms with E-state index >= 15 is 0 Å². The number of piperidine rings is 1. The molecule has 0 spiro atoms. The van der Waals surface area contributed by atoms with Gasteiger partial charge in [0.15, 0.2) is 0 Å². The highest BCUT2D eigenvalue weighted by Crippen LogP contribution is 2.22. The van der Waals surface area contributed by atoms with E-state index in [1.54, 1.807) is 21.9 Å². The fraction of sp³-hybridized carbons (Fsp3) is 0.375. The Bertz CT molecular complexity index is 932. The van der Waals surface area contributed by atoms with Gasteiger partial charge < -0.3 is 14.7 Å². The maximum absolute atomic E-state index is 13.1. The lowest BCUT2D eigenvalue weighted by atomic mass is 9.94. The number of carbonyl (C=O) groups is 3. The Labute approximate surface area is 181 Å². The molecule has 0 saturated carbocycles. The number of halogens is 1. The minimum Gasteiger partial charge on any atom is -0.339 e. The second-order valence-electron chi connectivity index (χ2n) is 8.06. The van der Waals surface area contributed by atoms with Crippen molar-refractivity contribution in [2.75, 3.05) is 39.3 Å². The van der Waals surface area contributed by atoms with Crippen molar-refractivity contribution in [3.63, 3.8) is 0 Å². The third-order valence-corrected chi connectivity index (χ3v) is 6.12. The van der Waals surface area contributed by atoms with Gasteiger partial charge in [-0.1, -0.05) is 18.2 Å². The molecule has 162 valence electrons. The van der Waals surface area contributed by atoms with Crippen LogP contribution in [-0.4, -0.2) is 71.7 Å². The van der Waals surface area contributed by atoms with Gasteiger partial charge in [0.05, 0.1) is 0 Å². The molecular formula is C24H26FN3O3. The van der Waals surface area contributed by atoms with Crippen molar-refractivity contribution in [1.29, 1.82) is 0 Å². The van der Waals surface area contributed by atoms with E-state index in [1.165, 1.54) is 24.3 Å². The van der Waals surface area contributed by atoms with Gasteiger partial charge in [0.2, 0.25) is 5.91 Å². The molecule has 0 N–H and O–H groups in total. The molecule has 31 heavy (non-hydrogen) atoms. The smallest absolute Gasteiger partial charge is 0.253 e. The number of rotatable bonds is 3. The Morgan fingerprint density at radius 1 is 0.645 bits per heavy atom. The van der Waals surface area contributed by atoms with Crippen molar-refractivity contribution in [1.82, 2.24) is 14.7 Å². The number of nitrogens with zero attached hydrogens (tertiary/aromatic N) is 3. The van der Waals surface area contributed by atoms with Gasteiger partial charge in [0.25, 0.3) is 11.8 Å². The molecule has 0 radical (unpaired) electrons. The lowest BCUT2D eigenvalue weighted by Gasteiger charge is -2.38. The van der Waals surface area contributed by atoms with E-state index < -0.39 is 0 Å². The maximum Gasteiger partial charge on any atom is 0.253 e. The Morgan fingerprint density at radius 3 is 1.71 bits per heavy atom. The van der Waals surface area contributed by atoms with Crippen LogP contribution in [0, 0.1) is 11.7 Å². The van der Waals surface area contributed by atoms with Crippen molar-refractivity contribution in [2.24, 2.45) is 5.92 Å². The van der Waals surface area contributed by atoms with Crippen molar-refractivity contribution in [3.05, 3.63) is 71.5 Å². The third kappa shape index (κ3) is 4.76. The molecule has 0 aliphatic carbocycles. The van der Waals surface area contributed by atoms with E-state index in [1.807, 2.05) is 23.1 Å². The standard InChI is InChI=1S/C24H26FN3O3/c25-21-8-6-19(7-9-21)23(30)26-12-10-20(11-13-26)24(31)28-16-14-27(15-17-28)22(29)18-4-2-1-3-5-18/h1-9,20H,10-17H2. The maximum atomic E-state index is 13.1. The molecule has 6 nitrogen and oxygen atoms in total. The van der Waals surface area contributed by atoms with E-state index in [9.17, 15) is 18.8 Å². The summed E-state index contributed by atoms with van der Waals surface area (Å²) >= 11 is 0. The molecule has 2 aromatic rings. The summed E-state index contributed by atoms with van der Waals surface area (Å²) in [4.78, 5) is 43.5. The Kier molecular flexibility index (Phi) is 6.30. The van der Waals surface area contributed by atoms with Gasteiger partial charge in [-0.15, -0.1) is 0 Å². The summed E-state index contributed by atoms with van der Waals surface area (Å²) in [5, 5.41) is 0. The fourth-order valence-electron chi connectivity index (χ4n) is 4.26. The predicted octanol–water partition coefficient (Wildman–Crippen LogP) is 2.66. The van der Waals surface area contributed by atoms with E-state index in [0.29, 0.717) is 63.2 Å². The summed E-state index contributed by atoms with van der Waals surface area (Å²) in [6.45, 7) is 3.15. The van der Waals surface area contributed by atoms with Gasteiger partial charge in [-0.05, 0) is 49.2 Å². The first-order chi connectivity index (χ1) is 15.0. The first kappa shape index (κ1) is 21.0. The number of benzene rings is 2. The monoisotopic (exact) mass is 423 g/mol. The van der Waals surface area contributed by atoms with Crippen LogP contribution in [0.25, 0.3) is 0 Å². The van der Waals surface area contributed by atoms with Gasteiger partial charge in [0.1, 0.15) is 5.82 Å². The Hall–Kier alpha value is -3.22. The van der Waals surface area contributed by atoms with Gasteiger partial charge in [0, 0.05) is 56.3 Å². The van der Waals surface area contributed by atoms with Crippen LogP contribution in [-0.2, 0) is 4.79 Å². The molecular weight excluding hydrogens is 397 g/mol. The van der Waals surface area contributed by atoms with Gasteiger partial charge >= 0.3 is 0 Å². The highest BCUT2D eigenvalue weighted by molar-refractivity contribution is 5.95. The zero-order valence-corrected chi connectivity index (χ0v) is 17.4. The third-order valence-electron chi connectivity index (χ3n) is 6.12. The molecule has 2 saturated heterocycles. The molecule has 2 heterocycles.